The molecule has 0 bridgehead atoms. The predicted molar refractivity (Wildman–Crippen MR) is 122 cm³/mol. The molecule has 1 saturated heterocycles. The van der Waals surface area contributed by atoms with Gasteiger partial charge in [0.2, 0.25) is 0 Å². The summed E-state index contributed by atoms with van der Waals surface area (Å²) in [5.41, 5.74) is 2.43. The van der Waals surface area contributed by atoms with Crippen molar-refractivity contribution < 1.29 is 4.74 Å². The SMILES string of the molecule is COc1cc(-c2nc3nsc(N4CCNC[C@H]4C)c3cc2Cl)c2ccccc2c1. The van der Waals surface area contributed by atoms with Crippen molar-refractivity contribution in [2.75, 3.05) is 31.6 Å². The first-order valence-electron chi connectivity index (χ1n) is 9.66. The highest BCUT2D eigenvalue weighted by atomic mass is 35.5. The zero-order chi connectivity index (χ0) is 20.0. The van der Waals surface area contributed by atoms with E-state index in [0.29, 0.717) is 11.1 Å². The highest BCUT2D eigenvalue weighted by Crippen LogP contribution is 2.40. The Morgan fingerprint density at radius 3 is 2.90 bits per heavy atom. The van der Waals surface area contributed by atoms with E-state index >= 15 is 0 Å². The number of rotatable bonds is 3. The molecule has 148 valence electrons. The standard InChI is InChI=1S/C22H21ClN4OS/c1-13-12-24-7-8-27(13)22-18-11-19(23)20(25-21(18)26-29-22)17-10-15(28-2)9-14-5-3-4-6-16(14)17/h3-6,9-11,13,24H,7-8,12H2,1-2H3/t13-/m1/s1. The second kappa shape index (κ2) is 7.44. The van der Waals surface area contributed by atoms with Crippen molar-refractivity contribution in [1.82, 2.24) is 14.7 Å². The van der Waals surface area contributed by atoms with Gasteiger partial charge >= 0.3 is 0 Å². The van der Waals surface area contributed by atoms with E-state index in [1.165, 1.54) is 11.5 Å². The largest absolute Gasteiger partial charge is 0.497 e. The van der Waals surface area contributed by atoms with E-state index in [4.69, 9.17) is 21.3 Å². The van der Waals surface area contributed by atoms with Crippen LogP contribution in [0.15, 0.2) is 42.5 Å². The second-order valence-corrected chi connectivity index (χ2v) is 8.48. The lowest BCUT2D eigenvalue weighted by Gasteiger charge is -2.34. The van der Waals surface area contributed by atoms with Crippen LogP contribution in [0.1, 0.15) is 6.92 Å². The monoisotopic (exact) mass is 424 g/mol. The van der Waals surface area contributed by atoms with Crippen LogP contribution in [0.3, 0.4) is 0 Å². The van der Waals surface area contributed by atoms with E-state index in [2.05, 4.69) is 33.6 Å². The van der Waals surface area contributed by atoms with Crippen molar-refractivity contribution in [2.24, 2.45) is 0 Å². The summed E-state index contributed by atoms with van der Waals surface area (Å²) in [4.78, 5) is 7.28. The molecule has 5 rings (SSSR count). The minimum atomic E-state index is 0.410. The molecule has 1 fully saturated rings. The molecule has 1 N–H and O–H groups in total. The van der Waals surface area contributed by atoms with Gasteiger partial charge in [-0.1, -0.05) is 35.9 Å². The Bertz CT molecular complexity index is 1210. The number of pyridine rings is 1. The molecule has 1 aliphatic heterocycles. The number of nitrogens with one attached hydrogen (secondary N) is 1. The van der Waals surface area contributed by atoms with E-state index in [0.717, 1.165) is 63.4 Å². The smallest absolute Gasteiger partial charge is 0.175 e. The van der Waals surface area contributed by atoms with Crippen molar-refractivity contribution in [2.45, 2.75) is 13.0 Å². The number of hydrogen-bond donors (Lipinski definition) is 1. The number of nitrogens with zero attached hydrogens (tertiary/aromatic N) is 3. The van der Waals surface area contributed by atoms with Gasteiger partial charge in [-0.15, -0.1) is 0 Å². The van der Waals surface area contributed by atoms with Gasteiger partial charge < -0.3 is 15.0 Å². The Morgan fingerprint density at radius 2 is 2.07 bits per heavy atom. The summed E-state index contributed by atoms with van der Waals surface area (Å²) in [5, 5.41) is 8.40. The Labute approximate surface area is 178 Å². The number of methoxy groups -OCH3 is 1. The Balaban J connectivity index is 1.68. The lowest BCUT2D eigenvalue weighted by atomic mass is 10.0. The van der Waals surface area contributed by atoms with E-state index < -0.39 is 0 Å². The van der Waals surface area contributed by atoms with Crippen LogP contribution in [-0.4, -0.2) is 42.1 Å². The van der Waals surface area contributed by atoms with Gasteiger partial charge in [-0.3, -0.25) is 0 Å². The average molecular weight is 425 g/mol. The topological polar surface area (TPSA) is 50.3 Å². The van der Waals surface area contributed by atoms with Gasteiger partial charge in [-0.05, 0) is 47.4 Å². The van der Waals surface area contributed by atoms with Crippen molar-refractivity contribution in [3.8, 4) is 17.0 Å². The molecule has 2 aromatic heterocycles. The zero-order valence-corrected chi connectivity index (χ0v) is 17.8. The number of aromatic nitrogens is 2. The molecule has 0 amide bonds. The molecule has 1 aliphatic rings. The number of hydrogen-bond acceptors (Lipinski definition) is 6. The van der Waals surface area contributed by atoms with Crippen LogP contribution in [0.4, 0.5) is 5.00 Å². The Hall–Kier alpha value is -2.41. The average Bonchev–Trinajstić information content (AvgIpc) is 3.15. The number of piperazine rings is 1. The fraction of sp³-hybridized carbons (Fsp3) is 0.273. The summed E-state index contributed by atoms with van der Waals surface area (Å²) in [6.45, 7) is 5.12. The van der Waals surface area contributed by atoms with Gasteiger partial charge in [-0.2, -0.15) is 4.37 Å². The van der Waals surface area contributed by atoms with Crippen LogP contribution in [-0.2, 0) is 0 Å². The maximum Gasteiger partial charge on any atom is 0.175 e. The molecule has 2 aromatic carbocycles. The van der Waals surface area contributed by atoms with Crippen molar-refractivity contribution in [1.29, 1.82) is 0 Å². The van der Waals surface area contributed by atoms with Gasteiger partial charge in [0.05, 0.1) is 23.2 Å². The molecule has 4 aromatic rings. The van der Waals surface area contributed by atoms with Gasteiger partial charge in [0, 0.05) is 31.2 Å². The summed E-state index contributed by atoms with van der Waals surface area (Å²) in [5.74, 6) is 0.783. The highest BCUT2D eigenvalue weighted by Gasteiger charge is 2.24. The first-order valence-corrected chi connectivity index (χ1v) is 10.8. The molecule has 0 unspecified atom stereocenters. The number of ether oxygens (including phenoxy) is 1. The van der Waals surface area contributed by atoms with Crippen LogP contribution < -0.4 is 15.0 Å². The highest BCUT2D eigenvalue weighted by molar-refractivity contribution is 7.11. The van der Waals surface area contributed by atoms with E-state index in [9.17, 15) is 0 Å². The fourth-order valence-electron chi connectivity index (χ4n) is 3.98. The molecule has 5 nitrogen and oxygen atoms in total. The summed E-state index contributed by atoms with van der Waals surface area (Å²) >= 11 is 8.28. The van der Waals surface area contributed by atoms with Crippen LogP contribution in [0, 0.1) is 0 Å². The Kier molecular flexibility index (Phi) is 4.78. The van der Waals surface area contributed by atoms with Crippen LogP contribution in [0.2, 0.25) is 5.02 Å². The third-order valence-corrected chi connectivity index (χ3v) is 6.67. The van der Waals surface area contributed by atoms with Crippen LogP contribution >= 0.6 is 23.1 Å². The first-order chi connectivity index (χ1) is 14.2. The predicted octanol–water partition coefficient (Wildman–Crippen LogP) is 4.97. The number of fused-ring (bicyclic) bond motifs is 2. The summed E-state index contributed by atoms with van der Waals surface area (Å²) in [6.07, 6.45) is 0. The lowest BCUT2D eigenvalue weighted by Crippen LogP contribution is -2.49. The molecule has 0 saturated carbocycles. The summed E-state index contributed by atoms with van der Waals surface area (Å²) < 4.78 is 10.2. The number of benzene rings is 2. The third kappa shape index (κ3) is 3.21. The molecular weight excluding hydrogens is 404 g/mol. The molecule has 0 spiro atoms. The second-order valence-electron chi connectivity index (χ2n) is 7.32. The minimum absolute atomic E-state index is 0.410. The molecule has 1 atom stereocenters. The van der Waals surface area contributed by atoms with E-state index in [1.807, 2.05) is 30.3 Å². The van der Waals surface area contributed by atoms with Crippen molar-refractivity contribution in [3.63, 3.8) is 0 Å². The fourth-order valence-corrected chi connectivity index (χ4v) is 5.17. The number of halogens is 1. The maximum atomic E-state index is 6.78. The molecule has 0 radical (unpaired) electrons. The lowest BCUT2D eigenvalue weighted by molar-refractivity contribution is 0.415. The number of anilines is 1. The molecule has 3 heterocycles. The van der Waals surface area contributed by atoms with Gasteiger partial charge in [0.15, 0.2) is 5.65 Å². The van der Waals surface area contributed by atoms with Gasteiger partial charge in [-0.25, -0.2) is 4.98 Å². The normalized spacial score (nSPS) is 17.2. The van der Waals surface area contributed by atoms with Crippen molar-refractivity contribution >= 4 is 49.9 Å². The maximum absolute atomic E-state index is 6.78. The van der Waals surface area contributed by atoms with Crippen LogP contribution in [0.25, 0.3) is 33.1 Å². The van der Waals surface area contributed by atoms with Gasteiger partial charge in [0.25, 0.3) is 0 Å². The quantitative estimate of drug-likeness (QED) is 0.503. The summed E-state index contributed by atoms with van der Waals surface area (Å²) in [6, 6.07) is 14.6. The third-order valence-electron chi connectivity index (χ3n) is 5.49. The molecule has 0 aliphatic carbocycles. The van der Waals surface area contributed by atoms with Crippen LogP contribution in [0.5, 0.6) is 5.75 Å². The molecule has 7 heteroatoms. The Morgan fingerprint density at radius 1 is 1.21 bits per heavy atom. The molecule has 29 heavy (non-hydrogen) atoms. The van der Waals surface area contributed by atoms with E-state index in [1.54, 1.807) is 7.11 Å². The van der Waals surface area contributed by atoms with E-state index in [-0.39, 0.29) is 0 Å². The molecular formula is C22H21ClN4OS. The van der Waals surface area contributed by atoms with Gasteiger partial charge in [0.1, 0.15) is 10.8 Å². The van der Waals surface area contributed by atoms with Crippen molar-refractivity contribution in [3.05, 3.63) is 47.5 Å². The zero-order valence-electron chi connectivity index (χ0n) is 16.3. The first kappa shape index (κ1) is 18.6. The summed E-state index contributed by atoms with van der Waals surface area (Å²) in [7, 11) is 1.67. The minimum Gasteiger partial charge on any atom is -0.497 e.